The van der Waals surface area contributed by atoms with Gasteiger partial charge in [0.15, 0.2) is 22.2 Å². The van der Waals surface area contributed by atoms with E-state index in [-0.39, 0.29) is 23.3 Å². The van der Waals surface area contributed by atoms with Gasteiger partial charge in [0.25, 0.3) is 11.5 Å². The standard InChI is InChI=1S/C34H25F4N3O4S2/c1-17-7-4-5-8-23(17)40-32(42)27-18(2)39-34-41(30(27)25-9-6-12-46-25)33(43)26(47-34)14-19-10-11-24(44-3)20(13-19)16-45-31-28(37)21(35)15-22(36)29(31)38/h4-15,30H,16H2,1-3H3,(H,40,42)/b26-14+. The number of aryl methyl sites for hydroxylation is 1. The summed E-state index contributed by atoms with van der Waals surface area (Å²) >= 11 is 2.55. The Bertz CT molecular complexity index is 2220. The molecule has 3 heterocycles. The summed E-state index contributed by atoms with van der Waals surface area (Å²) in [6.45, 7) is 3.12. The molecule has 1 N–H and O–H groups in total. The normalized spacial score (nSPS) is 14.5. The molecule has 1 atom stereocenters. The Kier molecular flexibility index (Phi) is 8.84. The zero-order valence-corrected chi connectivity index (χ0v) is 26.7. The van der Waals surface area contributed by atoms with Crippen molar-refractivity contribution in [2.45, 2.75) is 26.5 Å². The number of allylic oxidation sites excluding steroid dienone is 1. The fourth-order valence-corrected chi connectivity index (χ4v) is 7.08. The van der Waals surface area contributed by atoms with Crippen molar-refractivity contribution in [3.8, 4) is 11.5 Å². The van der Waals surface area contributed by atoms with E-state index in [0.29, 0.717) is 37.4 Å². The minimum Gasteiger partial charge on any atom is -0.496 e. The maximum atomic E-state index is 14.2. The number of thiophene rings is 1. The number of anilines is 1. The Morgan fingerprint density at radius 1 is 1.02 bits per heavy atom. The summed E-state index contributed by atoms with van der Waals surface area (Å²) in [5.74, 6) is -7.82. The number of fused-ring (bicyclic) bond motifs is 1. The first-order valence-corrected chi connectivity index (χ1v) is 15.8. The van der Waals surface area contributed by atoms with Crippen molar-refractivity contribution < 1.29 is 31.8 Å². The lowest BCUT2D eigenvalue weighted by molar-refractivity contribution is -0.113. The van der Waals surface area contributed by atoms with Crippen LogP contribution in [0.4, 0.5) is 23.2 Å². The van der Waals surface area contributed by atoms with Crippen LogP contribution >= 0.6 is 22.7 Å². The molecular formula is C34H25F4N3O4S2. The third-order valence-corrected chi connectivity index (χ3v) is 9.43. The average molecular weight is 680 g/mol. The van der Waals surface area contributed by atoms with E-state index in [0.717, 1.165) is 21.8 Å². The Morgan fingerprint density at radius 2 is 1.77 bits per heavy atom. The van der Waals surface area contributed by atoms with Gasteiger partial charge in [-0.2, -0.15) is 8.78 Å². The lowest BCUT2D eigenvalue weighted by Crippen LogP contribution is -2.40. The van der Waals surface area contributed by atoms with Crippen molar-refractivity contribution in [2.75, 3.05) is 12.4 Å². The molecule has 0 saturated heterocycles. The predicted molar refractivity (Wildman–Crippen MR) is 171 cm³/mol. The molecule has 47 heavy (non-hydrogen) atoms. The smallest absolute Gasteiger partial charge is 0.271 e. The van der Waals surface area contributed by atoms with Crippen LogP contribution in [0, 0.1) is 30.2 Å². The highest BCUT2D eigenvalue weighted by Crippen LogP contribution is 2.34. The summed E-state index contributed by atoms with van der Waals surface area (Å²) in [7, 11) is 1.37. The second kappa shape index (κ2) is 13.0. The second-order valence-electron chi connectivity index (χ2n) is 10.5. The highest BCUT2D eigenvalue weighted by atomic mass is 32.1. The van der Waals surface area contributed by atoms with Crippen LogP contribution in [-0.4, -0.2) is 17.6 Å². The van der Waals surface area contributed by atoms with E-state index in [1.54, 1.807) is 37.3 Å². The molecule has 0 spiro atoms. The number of nitrogens with one attached hydrogen (secondary N) is 1. The van der Waals surface area contributed by atoms with E-state index in [2.05, 4.69) is 10.3 Å². The summed E-state index contributed by atoms with van der Waals surface area (Å²) in [5, 5.41) is 4.84. The summed E-state index contributed by atoms with van der Waals surface area (Å²) < 4.78 is 68.1. The Morgan fingerprint density at radius 3 is 2.45 bits per heavy atom. The first-order chi connectivity index (χ1) is 22.6. The number of benzene rings is 3. The molecule has 1 amide bonds. The minimum absolute atomic E-state index is 0.0960. The van der Waals surface area contributed by atoms with E-state index < -0.39 is 41.7 Å². The van der Waals surface area contributed by atoms with Crippen molar-refractivity contribution >= 4 is 40.3 Å². The van der Waals surface area contributed by atoms with Crippen LogP contribution in [0.15, 0.2) is 87.1 Å². The van der Waals surface area contributed by atoms with Crippen molar-refractivity contribution in [2.24, 2.45) is 4.99 Å². The monoisotopic (exact) mass is 679 g/mol. The predicted octanol–water partition coefficient (Wildman–Crippen LogP) is 6.39. The molecule has 5 aromatic rings. The summed E-state index contributed by atoms with van der Waals surface area (Å²) in [4.78, 5) is 33.6. The number of methoxy groups -OCH3 is 1. The maximum absolute atomic E-state index is 14.2. The van der Waals surface area contributed by atoms with Gasteiger partial charge in [-0.1, -0.05) is 41.7 Å². The van der Waals surface area contributed by atoms with E-state index in [4.69, 9.17) is 9.47 Å². The van der Waals surface area contributed by atoms with Gasteiger partial charge < -0.3 is 14.8 Å². The Hall–Kier alpha value is -5.01. The number of thiazole rings is 1. The molecule has 0 aliphatic carbocycles. The van der Waals surface area contributed by atoms with Crippen molar-refractivity contribution in [1.29, 1.82) is 0 Å². The van der Waals surface area contributed by atoms with E-state index in [1.165, 1.54) is 23.0 Å². The third kappa shape index (κ3) is 6.11. The number of carbonyl (C=O) groups is 1. The van der Waals surface area contributed by atoms with E-state index >= 15 is 0 Å². The molecule has 0 saturated carbocycles. The average Bonchev–Trinajstić information content (AvgIpc) is 3.69. The lowest BCUT2D eigenvalue weighted by atomic mass is 10.0. The van der Waals surface area contributed by atoms with Gasteiger partial charge in [-0.15, -0.1) is 11.3 Å². The van der Waals surface area contributed by atoms with Crippen LogP contribution < -0.4 is 29.7 Å². The molecule has 1 aliphatic heterocycles. The molecule has 0 fully saturated rings. The summed E-state index contributed by atoms with van der Waals surface area (Å²) in [6, 6.07) is 15.2. The maximum Gasteiger partial charge on any atom is 0.271 e. The number of para-hydroxylation sites is 1. The number of carbonyl (C=O) groups excluding carboxylic acids is 1. The van der Waals surface area contributed by atoms with Crippen molar-refractivity contribution in [1.82, 2.24) is 4.57 Å². The number of hydrogen-bond donors (Lipinski definition) is 1. The van der Waals surface area contributed by atoms with Crippen molar-refractivity contribution in [3.63, 3.8) is 0 Å². The lowest BCUT2D eigenvalue weighted by Gasteiger charge is -2.24. The number of hydrogen-bond acceptors (Lipinski definition) is 7. The van der Waals surface area contributed by atoms with Crippen LogP contribution in [0.2, 0.25) is 0 Å². The van der Waals surface area contributed by atoms with Gasteiger partial charge in [0.2, 0.25) is 11.6 Å². The quantitative estimate of drug-likeness (QED) is 0.152. The van der Waals surface area contributed by atoms with E-state index in [9.17, 15) is 27.2 Å². The molecule has 7 nitrogen and oxygen atoms in total. The van der Waals surface area contributed by atoms with Crippen LogP contribution in [0.3, 0.4) is 0 Å². The number of amides is 1. The van der Waals surface area contributed by atoms with Gasteiger partial charge in [0.05, 0.1) is 22.9 Å². The van der Waals surface area contributed by atoms with Crippen LogP contribution in [0.1, 0.15) is 34.5 Å². The Labute approximate surface area is 273 Å². The first-order valence-electron chi connectivity index (χ1n) is 14.1. The molecule has 1 aliphatic rings. The summed E-state index contributed by atoms with van der Waals surface area (Å²) in [5.41, 5.74) is 2.75. The Balaban J connectivity index is 1.38. The number of rotatable bonds is 8. The highest BCUT2D eigenvalue weighted by molar-refractivity contribution is 7.10. The van der Waals surface area contributed by atoms with Gasteiger partial charge in [0, 0.05) is 22.2 Å². The van der Waals surface area contributed by atoms with Gasteiger partial charge >= 0.3 is 0 Å². The molecule has 0 radical (unpaired) electrons. The number of aromatic nitrogens is 1. The van der Waals surface area contributed by atoms with Crippen LogP contribution in [-0.2, 0) is 11.4 Å². The van der Waals surface area contributed by atoms with Crippen LogP contribution in [0.25, 0.3) is 6.08 Å². The van der Waals surface area contributed by atoms with Gasteiger partial charge in [-0.05, 0) is 60.7 Å². The molecule has 0 bridgehead atoms. The molecular weight excluding hydrogens is 655 g/mol. The minimum atomic E-state index is -1.66. The van der Waals surface area contributed by atoms with Gasteiger partial charge in [-0.3, -0.25) is 14.2 Å². The molecule has 6 rings (SSSR count). The van der Waals surface area contributed by atoms with Crippen LogP contribution in [0.5, 0.6) is 11.5 Å². The topological polar surface area (TPSA) is 81.9 Å². The number of ether oxygens (including phenoxy) is 2. The zero-order chi connectivity index (χ0) is 33.4. The first kappa shape index (κ1) is 32.0. The number of nitrogens with zero attached hydrogens (tertiary/aromatic N) is 2. The molecule has 240 valence electrons. The third-order valence-electron chi connectivity index (χ3n) is 7.52. The molecule has 3 aromatic carbocycles. The van der Waals surface area contributed by atoms with E-state index in [1.807, 2.05) is 42.6 Å². The fraction of sp³-hybridized carbons (Fsp3) is 0.147. The SMILES string of the molecule is COc1ccc(/C=c2/sc3n(c2=O)C(c2cccs2)C(C(=O)Nc2ccccc2C)=C(C)N=3)cc1COc1c(F)c(F)cc(F)c1F. The molecule has 2 aromatic heterocycles. The van der Waals surface area contributed by atoms with Crippen molar-refractivity contribution in [3.05, 3.63) is 142 Å². The van der Waals surface area contributed by atoms with Gasteiger partial charge in [0.1, 0.15) is 18.4 Å². The second-order valence-corrected chi connectivity index (χ2v) is 12.5. The summed E-state index contributed by atoms with van der Waals surface area (Å²) in [6.07, 6.45) is 1.60. The van der Waals surface area contributed by atoms with Gasteiger partial charge in [-0.25, -0.2) is 13.8 Å². The molecule has 1 unspecified atom stereocenters. The highest BCUT2D eigenvalue weighted by Gasteiger charge is 2.33. The zero-order valence-electron chi connectivity index (χ0n) is 25.1. The molecule has 13 heteroatoms. The largest absolute Gasteiger partial charge is 0.496 e. The number of halogens is 4. The fourth-order valence-electron chi connectivity index (χ4n) is 5.21.